The van der Waals surface area contributed by atoms with Crippen molar-refractivity contribution >= 4 is 29.7 Å². The molecule has 0 bridgehead atoms. The van der Waals surface area contributed by atoms with Crippen LogP contribution in [0, 0.1) is 11.3 Å². The molecule has 1 atom stereocenters. The van der Waals surface area contributed by atoms with Crippen molar-refractivity contribution in [1.82, 2.24) is 0 Å². The monoisotopic (exact) mass is 946 g/mol. The topological polar surface area (TPSA) is 0 Å². The zero-order valence-electron chi connectivity index (χ0n) is 38.7. The van der Waals surface area contributed by atoms with Crippen LogP contribution < -0.4 is 28.1 Å². The Kier molecular flexibility index (Phi) is 15.1. The quantitative estimate of drug-likeness (QED) is 0.159. The van der Waals surface area contributed by atoms with Crippen LogP contribution in [-0.2, 0) is 49.3 Å². The standard InChI is InChI=1S/C29H41.C13H8Cl2.C12H19.2ClH.Zr/c1-26(2,3)22-14-18-13-19-15-23(27(4,5)6)25(29(10,11)12)17-21(19)20(18)16-24(22)28(7,8)9;14-12-5-1-10(2-6-12)9-11-3-7-13(15)8-4-11;1-5-6-10-7-8-11(9-10)12(2,3)4;;;/h14,16-17H,13H2,1-12H3;1-8H;8-10H,5-6H2,1-4H3;2*1H;/q;;;;;+2/p-2. The molecule has 1 unspecified atom stereocenters. The normalized spacial score (nSPS) is 15.3. The van der Waals surface area contributed by atoms with Gasteiger partial charge >= 0.3 is 367 Å². The van der Waals surface area contributed by atoms with Gasteiger partial charge in [0.2, 0.25) is 0 Å². The van der Waals surface area contributed by atoms with Crippen LogP contribution in [0.25, 0.3) is 11.1 Å². The van der Waals surface area contributed by atoms with Crippen molar-refractivity contribution in [3.8, 4) is 11.1 Å². The molecule has 4 aromatic carbocycles. The molecule has 316 valence electrons. The minimum atomic E-state index is -3.26. The molecule has 0 spiro atoms. The SMILES string of the molecule is CCCC1C=C(C(C)(C)C)C=[C]1[Zr+2](=[C](c1ccc(Cl)cc1)c1ccc(Cl)cc1)[c]1c2c(cc(C(C)(C)C)c1C(C)(C)C)-c1cc(C(C)(C)C)c(C(C)(C)C)cc1C2.[Cl-].[Cl-]. The van der Waals surface area contributed by atoms with E-state index in [4.69, 9.17) is 23.2 Å². The summed E-state index contributed by atoms with van der Waals surface area (Å²) in [7, 11) is 0. The van der Waals surface area contributed by atoms with E-state index in [0.717, 1.165) is 29.3 Å². The van der Waals surface area contributed by atoms with E-state index >= 15 is 0 Å². The maximum atomic E-state index is 6.68. The van der Waals surface area contributed by atoms with Crippen LogP contribution in [0.3, 0.4) is 0 Å². The fraction of sp³-hybridized carbons (Fsp3) is 0.463. The summed E-state index contributed by atoms with van der Waals surface area (Å²) >= 11 is 10.1. The molecule has 0 heterocycles. The van der Waals surface area contributed by atoms with Crippen molar-refractivity contribution < 1.29 is 46.1 Å². The minimum absolute atomic E-state index is 0. The Morgan fingerprint density at radius 3 is 1.47 bits per heavy atom. The summed E-state index contributed by atoms with van der Waals surface area (Å²) in [6, 6.07) is 25.4. The summed E-state index contributed by atoms with van der Waals surface area (Å²) in [5.41, 5.74) is 16.0. The third-order valence-electron chi connectivity index (χ3n) is 12.1. The molecule has 2 aliphatic carbocycles. The van der Waals surface area contributed by atoms with Crippen molar-refractivity contribution in [1.29, 1.82) is 0 Å². The molecule has 59 heavy (non-hydrogen) atoms. The van der Waals surface area contributed by atoms with Crippen LogP contribution >= 0.6 is 23.2 Å². The molecule has 2 aliphatic rings. The fourth-order valence-corrected chi connectivity index (χ4v) is 19.2. The van der Waals surface area contributed by atoms with E-state index in [1.165, 1.54) is 53.3 Å². The van der Waals surface area contributed by atoms with E-state index in [-0.39, 0.29) is 51.9 Å². The Bertz CT molecular complexity index is 2240. The Hall–Kier alpha value is -1.73. The van der Waals surface area contributed by atoms with Gasteiger partial charge in [-0.1, -0.05) is 0 Å². The predicted molar refractivity (Wildman–Crippen MR) is 249 cm³/mol. The van der Waals surface area contributed by atoms with Gasteiger partial charge in [-0.3, -0.25) is 0 Å². The van der Waals surface area contributed by atoms with Gasteiger partial charge < -0.3 is 24.8 Å². The fourth-order valence-electron chi connectivity index (χ4n) is 9.27. The number of hydrogen-bond acceptors (Lipinski definition) is 0. The molecule has 0 aromatic heterocycles. The van der Waals surface area contributed by atoms with Crippen LogP contribution in [-0.4, -0.2) is 3.21 Å². The third-order valence-corrected chi connectivity index (χ3v) is 20.5. The largest absolute Gasteiger partial charge is 1.00 e. The second-order valence-electron chi connectivity index (χ2n) is 22.1. The molecule has 0 fully saturated rings. The molecule has 0 nitrogen and oxygen atoms in total. The van der Waals surface area contributed by atoms with Crippen molar-refractivity contribution in [3.63, 3.8) is 0 Å². The van der Waals surface area contributed by atoms with Crippen LogP contribution in [0.15, 0.2) is 87.7 Å². The van der Waals surface area contributed by atoms with E-state index < -0.39 is 21.3 Å². The number of hydrogen-bond donors (Lipinski definition) is 0. The molecule has 0 amide bonds. The molecule has 0 radical (unpaired) electrons. The Labute approximate surface area is 389 Å². The summed E-state index contributed by atoms with van der Waals surface area (Å²) in [6.07, 6.45) is 8.61. The van der Waals surface area contributed by atoms with E-state index in [9.17, 15) is 0 Å². The molecule has 0 aliphatic heterocycles. The first-order valence-corrected chi connectivity index (χ1v) is 25.8. The first-order valence-electron chi connectivity index (χ1n) is 21.3. The number of rotatable bonds is 6. The van der Waals surface area contributed by atoms with Crippen molar-refractivity contribution in [2.45, 2.75) is 152 Å². The number of halogens is 4. The van der Waals surface area contributed by atoms with E-state index in [0.29, 0.717) is 5.92 Å². The molecular weight excluding hydrogens is 882 g/mol. The van der Waals surface area contributed by atoms with Gasteiger partial charge in [0.05, 0.1) is 0 Å². The van der Waals surface area contributed by atoms with Gasteiger partial charge in [-0.2, -0.15) is 0 Å². The number of allylic oxidation sites excluding steroid dienone is 4. The maximum Gasteiger partial charge on any atom is -1.00 e. The Morgan fingerprint density at radius 1 is 0.593 bits per heavy atom. The number of benzene rings is 4. The third kappa shape index (κ3) is 10.2. The van der Waals surface area contributed by atoms with Gasteiger partial charge in [0.1, 0.15) is 0 Å². The summed E-state index contributed by atoms with van der Waals surface area (Å²) < 4.78 is 4.90. The molecule has 0 saturated carbocycles. The molecule has 0 N–H and O–H groups in total. The van der Waals surface area contributed by atoms with Crippen LogP contribution in [0.5, 0.6) is 0 Å². The molecule has 0 saturated heterocycles. The van der Waals surface area contributed by atoms with E-state index in [2.05, 4.69) is 190 Å². The molecule has 6 rings (SSSR count). The van der Waals surface area contributed by atoms with Gasteiger partial charge in [-0.05, 0) is 0 Å². The average Bonchev–Trinajstić information content (AvgIpc) is 3.67. The first-order chi connectivity index (χ1) is 26.2. The zero-order chi connectivity index (χ0) is 42.2. The van der Waals surface area contributed by atoms with Crippen molar-refractivity contribution in [3.05, 3.63) is 142 Å². The zero-order valence-corrected chi connectivity index (χ0v) is 44.2. The van der Waals surface area contributed by atoms with Gasteiger partial charge in [0.25, 0.3) is 0 Å². The van der Waals surface area contributed by atoms with Crippen LogP contribution in [0.4, 0.5) is 0 Å². The van der Waals surface area contributed by atoms with Gasteiger partial charge in [0, 0.05) is 0 Å². The Balaban J connectivity index is 0.00000384. The van der Waals surface area contributed by atoms with Gasteiger partial charge in [0.15, 0.2) is 0 Å². The van der Waals surface area contributed by atoms with Crippen LogP contribution in [0.2, 0.25) is 10.0 Å². The summed E-state index contributed by atoms with van der Waals surface area (Å²) in [6.45, 7) is 38.6. The Morgan fingerprint density at radius 2 is 1.05 bits per heavy atom. The number of fused-ring (bicyclic) bond motifs is 3. The smallest absolute Gasteiger partial charge is 1.00 e. The van der Waals surface area contributed by atoms with E-state index in [1.807, 2.05) is 0 Å². The predicted octanol–water partition coefficient (Wildman–Crippen LogP) is 9.56. The van der Waals surface area contributed by atoms with E-state index in [1.54, 1.807) is 17.7 Å². The second kappa shape index (κ2) is 17.8. The van der Waals surface area contributed by atoms with Crippen molar-refractivity contribution in [2.24, 2.45) is 11.3 Å². The molecular formula is C54H68Cl4Zr. The first kappa shape index (κ1) is 49.9. The summed E-state index contributed by atoms with van der Waals surface area (Å²) in [5.74, 6) is 0.402. The summed E-state index contributed by atoms with van der Waals surface area (Å²) in [4.78, 5) is 0. The summed E-state index contributed by atoms with van der Waals surface area (Å²) in [5, 5.41) is 1.54. The van der Waals surface area contributed by atoms with Crippen LogP contribution in [0.1, 0.15) is 168 Å². The molecule has 5 heteroatoms. The van der Waals surface area contributed by atoms with Gasteiger partial charge in [-0.15, -0.1) is 0 Å². The second-order valence-corrected chi connectivity index (χ2v) is 28.7. The van der Waals surface area contributed by atoms with Crippen molar-refractivity contribution in [2.75, 3.05) is 0 Å². The average molecular weight is 950 g/mol. The maximum absolute atomic E-state index is 6.68. The molecule has 4 aromatic rings. The minimum Gasteiger partial charge on any atom is -1.00 e. The van der Waals surface area contributed by atoms with Gasteiger partial charge in [-0.25, -0.2) is 0 Å².